The minimum atomic E-state index is 0.390. The van der Waals surface area contributed by atoms with Crippen molar-refractivity contribution in [1.82, 2.24) is 15.1 Å². The van der Waals surface area contributed by atoms with Gasteiger partial charge in [-0.3, -0.25) is 4.68 Å². The summed E-state index contributed by atoms with van der Waals surface area (Å²) in [4.78, 5) is 0. The number of hydrogen-bond donors (Lipinski definition) is 1. The normalized spacial score (nSPS) is 15.4. The molecule has 0 aliphatic carbocycles. The zero-order valence-electron chi connectivity index (χ0n) is 11.2. The third-order valence-electron chi connectivity index (χ3n) is 3.36. The fraction of sp³-hybridized carbons (Fsp3) is 0.769. The highest BCUT2D eigenvalue weighted by molar-refractivity contribution is 5.09. The molecule has 1 aromatic rings. The highest BCUT2D eigenvalue weighted by Crippen LogP contribution is 2.13. The standard InChI is InChI=1S/C13H25N3/c1-6-16-9-13(8-15-16)12(5)14-7-11(4)10(2)3/h8-12,14H,6-7H2,1-5H3. The molecule has 2 unspecified atom stereocenters. The molecule has 0 fully saturated rings. The maximum Gasteiger partial charge on any atom is 0.0537 e. The summed E-state index contributed by atoms with van der Waals surface area (Å²) in [6.07, 6.45) is 4.08. The Morgan fingerprint density at radius 3 is 2.50 bits per heavy atom. The molecule has 0 amide bonds. The van der Waals surface area contributed by atoms with Crippen molar-refractivity contribution >= 4 is 0 Å². The minimum absolute atomic E-state index is 0.390. The van der Waals surface area contributed by atoms with Gasteiger partial charge in [0.1, 0.15) is 0 Å². The molecule has 0 saturated heterocycles. The lowest BCUT2D eigenvalue weighted by atomic mass is 9.98. The van der Waals surface area contributed by atoms with Crippen LogP contribution in [-0.2, 0) is 6.54 Å². The Morgan fingerprint density at radius 2 is 2.00 bits per heavy atom. The van der Waals surface area contributed by atoms with Crippen molar-refractivity contribution in [3.8, 4) is 0 Å². The van der Waals surface area contributed by atoms with Gasteiger partial charge in [0.25, 0.3) is 0 Å². The molecule has 3 heteroatoms. The van der Waals surface area contributed by atoms with Gasteiger partial charge in [0.15, 0.2) is 0 Å². The summed E-state index contributed by atoms with van der Waals surface area (Å²) in [5, 5.41) is 7.86. The molecule has 3 nitrogen and oxygen atoms in total. The van der Waals surface area contributed by atoms with Crippen molar-refractivity contribution in [2.45, 2.75) is 47.2 Å². The van der Waals surface area contributed by atoms with E-state index in [2.05, 4.69) is 51.2 Å². The van der Waals surface area contributed by atoms with Crippen LogP contribution in [0.4, 0.5) is 0 Å². The Morgan fingerprint density at radius 1 is 1.31 bits per heavy atom. The lowest BCUT2D eigenvalue weighted by molar-refractivity contribution is 0.375. The first-order chi connectivity index (χ1) is 7.54. The predicted octanol–water partition coefficient (Wildman–Crippen LogP) is 2.85. The smallest absolute Gasteiger partial charge is 0.0537 e. The first kappa shape index (κ1) is 13.2. The van der Waals surface area contributed by atoms with E-state index >= 15 is 0 Å². The first-order valence-electron chi connectivity index (χ1n) is 6.30. The number of hydrogen-bond acceptors (Lipinski definition) is 2. The second-order valence-corrected chi connectivity index (χ2v) is 4.98. The van der Waals surface area contributed by atoms with Crippen LogP contribution in [0.3, 0.4) is 0 Å². The monoisotopic (exact) mass is 223 g/mol. The van der Waals surface area contributed by atoms with Gasteiger partial charge in [-0.05, 0) is 32.2 Å². The molecule has 1 heterocycles. The van der Waals surface area contributed by atoms with Gasteiger partial charge in [0.05, 0.1) is 6.20 Å². The van der Waals surface area contributed by atoms with E-state index in [4.69, 9.17) is 0 Å². The molecular weight excluding hydrogens is 198 g/mol. The van der Waals surface area contributed by atoms with E-state index in [0.717, 1.165) is 19.0 Å². The van der Waals surface area contributed by atoms with Crippen LogP contribution in [0, 0.1) is 11.8 Å². The molecule has 2 atom stereocenters. The lowest BCUT2D eigenvalue weighted by Gasteiger charge is -2.19. The second kappa shape index (κ2) is 6.04. The predicted molar refractivity (Wildman–Crippen MR) is 68.3 cm³/mol. The highest BCUT2D eigenvalue weighted by Gasteiger charge is 2.11. The molecule has 0 radical (unpaired) electrons. The topological polar surface area (TPSA) is 29.9 Å². The van der Waals surface area contributed by atoms with E-state index in [1.807, 2.05) is 10.9 Å². The van der Waals surface area contributed by atoms with Crippen molar-refractivity contribution in [2.24, 2.45) is 11.8 Å². The quantitative estimate of drug-likeness (QED) is 0.803. The van der Waals surface area contributed by atoms with Gasteiger partial charge in [0.2, 0.25) is 0 Å². The molecule has 0 bridgehead atoms. The molecule has 0 spiro atoms. The molecule has 0 saturated carbocycles. The third kappa shape index (κ3) is 3.63. The molecule has 1 N–H and O–H groups in total. The Kier molecular flexibility index (Phi) is 5.00. The van der Waals surface area contributed by atoms with Gasteiger partial charge in [0, 0.05) is 24.3 Å². The van der Waals surface area contributed by atoms with Gasteiger partial charge in [-0.2, -0.15) is 5.10 Å². The Bertz CT molecular complexity index is 304. The SMILES string of the molecule is CCn1cc(C(C)NCC(C)C(C)C)cn1. The van der Waals surface area contributed by atoms with Crippen LogP contribution < -0.4 is 5.32 Å². The first-order valence-corrected chi connectivity index (χ1v) is 6.30. The molecule has 0 aromatic carbocycles. The largest absolute Gasteiger partial charge is 0.310 e. The maximum absolute atomic E-state index is 4.29. The van der Waals surface area contributed by atoms with Crippen molar-refractivity contribution < 1.29 is 0 Å². The molecule has 1 aromatic heterocycles. The zero-order valence-corrected chi connectivity index (χ0v) is 11.2. The Hall–Kier alpha value is -0.830. The van der Waals surface area contributed by atoms with Crippen LogP contribution in [0.15, 0.2) is 12.4 Å². The summed E-state index contributed by atoms with van der Waals surface area (Å²) in [7, 11) is 0. The summed E-state index contributed by atoms with van der Waals surface area (Å²) in [6, 6.07) is 0.390. The Labute approximate surface area is 99.2 Å². The van der Waals surface area contributed by atoms with Crippen LogP contribution in [0.25, 0.3) is 0 Å². The van der Waals surface area contributed by atoms with Crippen molar-refractivity contribution in [1.29, 1.82) is 0 Å². The van der Waals surface area contributed by atoms with Crippen molar-refractivity contribution in [2.75, 3.05) is 6.54 Å². The van der Waals surface area contributed by atoms with Gasteiger partial charge >= 0.3 is 0 Å². The number of aryl methyl sites for hydroxylation is 1. The average Bonchev–Trinajstić information content (AvgIpc) is 2.73. The number of rotatable bonds is 6. The zero-order chi connectivity index (χ0) is 12.1. The van der Waals surface area contributed by atoms with Crippen LogP contribution >= 0.6 is 0 Å². The summed E-state index contributed by atoms with van der Waals surface area (Å²) >= 11 is 0. The molecule has 0 aliphatic heterocycles. The summed E-state index contributed by atoms with van der Waals surface area (Å²) in [5.41, 5.74) is 1.28. The van der Waals surface area contributed by atoms with E-state index in [1.165, 1.54) is 5.56 Å². The van der Waals surface area contributed by atoms with Crippen LogP contribution in [0.2, 0.25) is 0 Å². The molecular formula is C13H25N3. The van der Waals surface area contributed by atoms with Crippen molar-refractivity contribution in [3.05, 3.63) is 18.0 Å². The van der Waals surface area contributed by atoms with Crippen LogP contribution in [0.1, 0.15) is 46.2 Å². The summed E-state index contributed by atoms with van der Waals surface area (Å²) in [5.74, 6) is 1.45. The van der Waals surface area contributed by atoms with Crippen LogP contribution in [0.5, 0.6) is 0 Å². The van der Waals surface area contributed by atoms with E-state index in [9.17, 15) is 0 Å². The molecule has 1 rings (SSSR count). The third-order valence-corrected chi connectivity index (χ3v) is 3.36. The highest BCUT2D eigenvalue weighted by atomic mass is 15.3. The number of nitrogens with zero attached hydrogens (tertiary/aromatic N) is 2. The van der Waals surface area contributed by atoms with E-state index in [0.29, 0.717) is 12.0 Å². The minimum Gasteiger partial charge on any atom is -0.310 e. The van der Waals surface area contributed by atoms with Gasteiger partial charge < -0.3 is 5.32 Å². The van der Waals surface area contributed by atoms with Gasteiger partial charge in [-0.25, -0.2) is 0 Å². The summed E-state index contributed by atoms with van der Waals surface area (Å²) < 4.78 is 1.97. The average molecular weight is 223 g/mol. The van der Waals surface area contributed by atoms with E-state index < -0.39 is 0 Å². The lowest BCUT2D eigenvalue weighted by Crippen LogP contribution is -2.26. The van der Waals surface area contributed by atoms with Gasteiger partial charge in [-0.15, -0.1) is 0 Å². The van der Waals surface area contributed by atoms with Gasteiger partial charge in [-0.1, -0.05) is 20.8 Å². The van der Waals surface area contributed by atoms with Crippen molar-refractivity contribution in [3.63, 3.8) is 0 Å². The number of aromatic nitrogens is 2. The molecule has 16 heavy (non-hydrogen) atoms. The molecule has 92 valence electrons. The van der Waals surface area contributed by atoms with E-state index in [1.54, 1.807) is 0 Å². The Balaban J connectivity index is 2.43. The summed E-state index contributed by atoms with van der Waals surface area (Å²) in [6.45, 7) is 13.1. The molecule has 0 aliphatic rings. The fourth-order valence-electron chi connectivity index (χ4n) is 1.49. The van der Waals surface area contributed by atoms with E-state index in [-0.39, 0.29) is 0 Å². The van der Waals surface area contributed by atoms with Crippen LogP contribution in [-0.4, -0.2) is 16.3 Å². The second-order valence-electron chi connectivity index (χ2n) is 4.98. The maximum atomic E-state index is 4.29. The fourth-order valence-corrected chi connectivity index (χ4v) is 1.49. The number of nitrogens with one attached hydrogen (secondary N) is 1.